The average molecular weight is 284 g/mol. The predicted octanol–water partition coefficient (Wildman–Crippen LogP) is 1.63. The van der Waals surface area contributed by atoms with Crippen LogP contribution in [0.25, 0.3) is 0 Å². The fourth-order valence-electron chi connectivity index (χ4n) is 2.66. The van der Waals surface area contributed by atoms with Crippen LogP contribution in [0.1, 0.15) is 47.0 Å². The molecule has 0 saturated carbocycles. The zero-order valence-corrected chi connectivity index (χ0v) is 13.0. The molecule has 0 radical (unpaired) electrons. The fourth-order valence-corrected chi connectivity index (χ4v) is 2.66. The zero-order chi connectivity index (χ0) is 15.3. The molecule has 0 aliphatic carbocycles. The lowest BCUT2D eigenvalue weighted by Gasteiger charge is -2.37. The summed E-state index contributed by atoms with van der Waals surface area (Å²) in [5, 5.41) is 15.3. The highest BCUT2D eigenvalue weighted by Gasteiger charge is 2.39. The van der Waals surface area contributed by atoms with E-state index in [9.17, 15) is 14.7 Å². The van der Waals surface area contributed by atoms with Crippen molar-refractivity contribution < 1.29 is 14.7 Å². The van der Waals surface area contributed by atoms with Gasteiger partial charge in [0.05, 0.1) is 0 Å². The maximum Gasteiger partial charge on any atom is 0.326 e. The smallest absolute Gasteiger partial charge is 0.326 e. The number of carboxylic acids is 1. The van der Waals surface area contributed by atoms with E-state index < -0.39 is 17.4 Å². The summed E-state index contributed by atoms with van der Waals surface area (Å²) in [4.78, 5) is 23.8. The van der Waals surface area contributed by atoms with Crippen LogP contribution in [-0.4, -0.2) is 36.1 Å². The summed E-state index contributed by atoms with van der Waals surface area (Å²) < 4.78 is 0. The number of hydrogen-bond acceptors (Lipinski definition) is 3. The quantitative estimate of drug-likeness (QED) is 0.692. The number of aliphatic carboxylic acids is 1. The lowest BCUT2D eigenvalue weighted by atomic mass is 9.74. The molecule has 116 valence electrons. The first-order valence-electron chi connectivity index (χ1n) is 7.55. The van der Waals surface area contributed by atoms with Crippen LogP contribution in [-0.2, 0) is 9.59 Å². The third kappa shape index (κ3) is 3.95. The van der Waals surface area contributed by atoms with Gasteiger partial charge in [-0.2, -0.15) is 0 Å². The zero-order valence-electron chi connectivity index (χ0n) is 13.0. The Labute approximate surface area is 121 Å². The van der Waals surface area contributed by atoms with E-state index in [1.807, 2.05) is 27.7 Å². The molecule has 1 aliphatic heterocycles. The number of amides is 1. The van der Waals surface area contributed by atoms with Gasteiger partial charge in [0.15, 0.2) is 0 Å². The monoisotopic (exact) mass is 284 g/mol. The van der Waals surface area contributed by atoms with Crippen LogP contribution >= 0.6 is 0 Å². The van der Waals surface area contributed by atoms with Gasteiger partial charge in [-0.25, -0.2) is 4.79 Å². The SMILES string of the molecule is CC[C@H](C)[C@H](NC(=O)C(C)(C)C1CCCNC1)C(=O)O. The number of hydrogen-bond donors (Lipinski definition) is 3. The first-order valence-corrected chi connectivity index (χ1v) is 7.55. The normalized spacial score (nSPS) is 22.9. The van der Waals surface area contributed by atoms with Gasteiger partial charge in [0, 0.05) is 5.41 Å². The maximum absolute atomic E-state index is 12.5. The lowest BCUT2D eigenvalue weighted by molar-refractivity contribution is -0.146. The number of rotatable bonds is 6. The topological polar surface area (TPSA) is 78.4 Å². The molecule has 3 N–H and O–H groups in total. The van der Waals surface area contributed by atoms with E-state index >= 15 is 0 Å². The van der Waals surface area contributed by atoms with Crippen molar-refractivity contribution in [2.24, 2.45) is 17.3 Å². The molecule has 0 spiro atoms. The molecule has 20 heavy (non-hydrogen) atoms. The van der Waals surface area contributed by atoms with Gasteiger partial charge in [0.2, 0.25) is 5.91 Å². The molecular formula is C15H28N2O3. The highest BCUT2D eigenvalue weighted by atomic mass is 16.4. The minimum Gasteiger partial charge on any atom is -0.480 e. The third-order valence-electron chi connectivity index (χ3n) is 4.67. The molecule has 0 aromatic rings. The van der Waals surface area contributed by atoms with Gasteiger partial charge in [0.1, 0.15) is 6.04 Å². The van der Waals surface area contributed by atoms with Crippen LogP contribution < -0.4 is 10.6 Å². The molecule has 0 aromatic heterocycles. The summed E-state index contributed by atoms with van der Waals surface area (Å²) in [6.45, 7) is 9.43. The van der Waals surface area contributed by atoms with Crippen molar-refractivity contribution in [2.75, 3.05) is 13.1 Å². The van der Waals surface area contributed by atoms with E-state index in [0.29, 0.717) is 0 Å². The molecule has 0 aromatic carbocycles. The van der Waals surface area contributed by atoms with Crippen LogP contribution in [0, 0.1) is 17.3 Å². The van der Waals surface area contributed by atoms with Crippen LogP contribution in [0.15, 0.2) is 0 Å². The Kier molecular flexibility index (Phi) is 5.99. The molecule has 1 aliphatic rings. The number of carbonyl (C=O) groups excluding carboxylic acids is 1. The summed E-state index contributed by atoms with van der Waals surface area (Å²) >= 11 is 0. The second-order valence-corrected chi connectivity index (χ2v) is 6.44. The lowest BCUT2D eigenvalue weighted by Crippen LogP contribution is -2.53. The second kappa shape index (κ2) is 7.07. The first-order chi connectivity index (χ1) is 9.30. The Morgan fingerprint density at radius 2 is 2.10 bits per heavy atom. The molecule has 3 atom stereocenters. The molecule has 5 heteroatoms. The van der Waals surface area contributed by atoms with Crippen LogP contribution in [0.2, 0.25) is 0 Å². The van der Waals surface area contributed by atoms with Crippen molar-refractivity contribution in [3.63, 3.8) is 0 Å². The van der Waals surface area contributed by atoms with E-state index in [1.54, 1.807) is 0 Å². The van der Waals surface area contributed by atoms with Crippen molar-refractivity contribution in [3.05, 3.63) is 0 Å². The number of nitrogens with one attached hydrogen (secondary N) is 2. The van der Waals surface area contributed by atoms with E-state index in [-0.39, 0.29) is 17.7 Å². The van der Waals surface area contributed by atoms with Gasteiger partial charge < -0.3 is 15.7 Å². The standard InChI is InChI=1S/C15H28N2O3/c1-5-10(2)12(13(18)19)17-14(20)15(3,4)11-7-6-8-16-9-11/h10-12,16H,5-9H2,1-4H3,(H,17,20)(H,18,19)/t10-,11?,12-/m0/s1. The molecule has 1 saturated heterocycles. The highest BCUT2D eigenvalue weighted by molar-refractivity contribution is 5.87. The van der Waals surface area contributed by atoms with Gasteiger partial charge in [-0.05, 0) is 37.8 Å². The first kappa shape index (κ1) is 17.0. The minimum atomic E-state index is -0.953. The van der Waals surface area contributed by atoms with Gasteiger partial charge in [-0.15, -0.1) is 0 Å². The van der Waals surface area contributed by atoms with Gasteiger partial charge >= 0.3 is 5.97 Å². The summed E-state index contributed by atoms with van der Waals surface area (Å²) in [6, 6.07) is -0.802. The Hall–Kier alpha value is -1.10. The molecule has 5 nitrogen and oxygen atoms in total. The molecular weight excluding hydrogens is 256 g/mol. The number of piperidine rings is 1. The highest BCUT2D eigenvalue weighted by Crippen LogP contribution is 2.32. The van der Waals surface area contributed by atoms with E-state index in [4.69, 9.17) is 0 Å². The Morgan fingerprint density at radius 1 is 1.45 bits per heavy atom. The van der Waals surface area contributed by atoms with Crippen LogP contribution in [0.4, 0.5) is 0 Å². The number of carboxylic acid groups (broad SMARTS) is 1. The van der Waals surface area contributed by atoms with E-state index in [1.165, 1.54) is 0 Å². The van der Waals surface area contributed by atoms with Crippen molar-refractivity contribution in [1.82, 2.24) is 10.6 Å². The Balaban J connectivity index is 2.73. The maximum atomic E-state index is 12.5. The van der Waals surface area contributed by atoms with E-state index in [2.05, 4.69) is 10.6 Å². The molecule has 1 heterocycles. The summed E-state index contributed by atoms with van der Waals surface area (Å²) in [6.07, 6.45) is 2.80. The largest absolute Gasteiger partial charge is 0.480 e. The second-order valence-electron chi connectivity index (χ2n) is 6.44. The van der Waals surface area contributed by atoms with Gasteiger partial charge in [-0.3, -0.25) is 4.79 Å². The van der Waals surface area contributed by atoms with Gasteiger partial charge in [-0.1, -0.05) is 34.1 Å². The Bertz CT molecular complexity index is 349. The molecule has 0 bridgehead atoms. The van der Waals surface area contributed by atoms with Crippen LogP contribution in [0.3, 0.4) is 0 Å². The fraction of sp³-hybridized carbons (Fsp3) is 0.867. The molecule has 1 fully saturated rings. The summed E-state index contributed by atoms with van der Waals surface area (Å²) in [7, 11) is 0. The van der Waals surface area contributed by atoms with Crippen molar-refractivity contribution in [1.29, 1.82) is 0 Å². The summed E-state index contributed by atoms with van der Waals surface area (Å²) in [5.74, 6) is -0.927. The Morgan fingerprint density at radius 3 is 2.55 bits per heavy atom. The van der Waals surface area contributed by atoms with Crippen molar-refractivity contribution >= 4 is 11.9 Å². The molecule has 1 rings (SSSR count). The average Bonchev–Trinajstić information content (AvgIpc) is 2.44. The summed E-state index contributed by atoms with van der Waals surface area (Å²) in [5.41, 5.74) is -0.547. The van der Waals surface area contributed by atoms with Crippen molar-refractivity contribution in [3.8, 4) is 0 Å². The van der Waals surface area contributed by atoms with E-state index in [0.717, 1.165) is 32.4 Å². The molecule has 1 unspecified atom stereocenters. The third-order valence-corrected chi connectivity index (χ3v) is 4.67. The predicted molar refractivity (Wildman–Crippen MR) is 78.4 cm³/mol. The number of carbonyl (C=O) groups is 2. The molecule has 1 amide bonds. The van der Waals surface area contributed by atoms with Gasteiger partial charge in [0.25, 0.3) is 0 Å². The van der Waals surface area contributed by atoms with Crippen LogP contribution in [0.5, 0.6) is 0 Å². The van der Waals surface area contributed by atoms with Crippen molar-refractivity contribution in [2.45, 2.75) is 53.0 Å². The minimum absolute atomic E-state index is 0.0725.